The minimum atomic E-state index is 0.290. The Morgan fingerprint density at radius 3 is 0.523 bits per heavy atom. The van der Waals surface area contributed by atoms with E-state index in [1.54, 1.807) is 37.0 Å². The molecule has 44 heavy (non-hydrogen) atoms. The van der Waals surface area contributed by atoms with Crippen LogP contribution < -0.4 is 0 Å². The van der Waals surface area contributed by atoms with Crippen LogP contribution in [0.5, 0.6) is 0 Å². The van der Waals surface area contributed by atoms with E-state index in [0.717, 1.165) is 0 Å². The molecule has 256 valence electrons. The van der Waals surface area contributed by atoms with Gasteiger partial charge in [0.15, 0.2) is 0 Å². The molecular formula is C42H78P2. The highest BCUT2D eigenvalue weighted by Crippen LogP contribution is 2.40. The normalized spacial score (nSPS) is 28.9. The van der Waals surface area contributed by atoms with Gasteiger partial charge in [0.25, 0.3) is 0 Å². The summed E-state index contributed by atoms with van der Waals surface area (Å²) in [5.74, 6) is 0. The van der Waals surface area contributed by atoms with Gasteiger partial charge in [-0.15, -0.1) is 15.8 Å². The summed E-state index contributed by atoms with van der Waals surface area (Å²) in [7, 11) is 0.581. The van der Waals surface area contributed by atoms with Gasteiger partial charge >= 0.3 is 0 Å². The summed E-state index contributed by atoms with van der Waals surface area (Å²) in [4.78, 5) is 0. The third kappa shape index (κ3) is 27.2. The van der Waals surface area contributed by atoms with Gasteiger partial charge < -0.3 is 0 Å². The van der Waals surface area contributed by atoms with Crippen LogP contribution >= 0.6 is 15.8 Å². The molecule has 0 amide bonds. The molecule has 0 fully saturated rings. The van der Waals surface area contributed by atoms with E-state index in [-0.39, 0.29) is 0 Å². The summed E-state index contributed by atoms with van der Waals surface area (Å²) in [6.07, 6.45) is 67.6. The first-order chi connectivity index (χ1) is 21.9. The molecule has 0 nitrogen and oxygen atoms in total. The molecule has 0 aliphatic carbocycles. The smallest absolute Gasteiger partial charge is 0.0326 e. The Morgan fingerprint density at radius 1 is 0.182 bits per heavy atom. The molecule has 0 unspecified atom stereocenters. The largest absolute Gasteiger partial charge is 0.107 e. The maximum atomic E-state index is 2.51. The first-order valence-electron chi connectivity index (χ1n) is 20.3. The van der Waals surface area contributed by atoms with Crippen LogP contribution in [0.3, 0.4) is 0 Å². The van der Waals surface area contributed by atoms with E-state index >= 15 is 0 Å². The lowest BCUT2D eigenvalue weighted by Gasteiger charge is -2.18. The fourth-order valence-electron chi connectivity index (χ4n) is 7.08. The molecular weight excluding hydrogens is 566 g/mol. The van der Waals surface area contributed by atoms with Gasteiger partial charge in [-0.1, -0.05) is 114 Å². The summed E-state index contributed by atoms with van der Waals surface area (Å²) in [6, 6.07) is 0. The third-order valence-corrected chi connectivity index (χ3v) is 15.8. The first-order valence-corrected chi connectivity index (χ1v) is 24.1. The lowest BCUT2D eigenvalue weighted by molar-refractivity contribution is 0.654. The van der Waals surface area contributed by atoms with E-state index in [9.17, 15) is 0 Å². The van der Waals surface area contributed by atoms with Crippen LogP contribution in [0.25, 0.3) is 0 Å². The molecule has 2 bridgehead atoms. The molecule has 0 saturated heterocycles. The quantitative estimate of drug-likeness (QED) is 0.182. The van der Waals surface area contributed by atoms with Crippen molar-refractivity contribution >= 4 is 15.8 Å². The van der Waals surface area contributed by atoms with E-state index in [2.05, 4.69) is 36.5 Å². The Morgan fingerprint density at radius 2 is 0.341 bits per heavy atom. The van der Waals surface area contributed by atoms with Crippen molar-refractivity contribution < 1.29 is 0 Å². The highest BCUT2D eigenvalue weighted by molar-refractivity contribution is 7.57. The molecule has 3 heterocycles. The molecule has 0 atom stereocenters. The summed E-state index contributed by atoms with van der Waals surface area (Å²) in [5, 5.41) is 0. The Bertz CT molecular complexity index is 520. The van der Waals surface area contributed by atoms with Gasteiger partial charge in [0, 0.05) is 0 Å². The molecule has 0 N–H and O–H groups in total. The van der Waals surface area contributed by atoms with Crippen molar-refractivity contribution in [2.45, 2.75) is 193 Å². The molecule has 0 aromatic carbocycles. The van der Waals surface area contributed by atoms with Crippen molar-refractivity contribution in [3.63, 3.8) is 0 Å². The minimum Gasteiger partial charge on any atom is -0.107 e. The number of fused-ring (bicyclic) bond motifs is 36. The maximum absolute atomic E-state index is 2.51. The lowest BCUT2D eigenvalue weighted by atomic mass is 10.1. The van der Waals surface area contributed by atoms with E-state index in [4.69, 9.17) is 0 Å². The van der Waals surface area contributed by atoms with Crippen LogP contribution in [0.1, 0.15) is 193 Å². The molecule has 0 aromatic heterocycles. The predicted octanol–water partition coefficient (Wildman–Crippen LogP) is 15.3. The van der Waals surface area contributed by atoms with E-state index in [1.165, 1.54) is 193 Å². The van der Waals surface area contributed by atoms with Crippen LogP contribution in [0.2, 0.25) is 0 Å². The van der Waals surface area contributed by atoms with Gasteiger partial charge in [0.2, 0.25) is 0 Å². The van der Waals surface area contributed by atoms with Gasteiger partial charge in [0.05, 0.1) is 0 Å². The average Bonchev–Trinajstić information content (AvgIpc) is 3.03. The van der Waals surface area contributed by atoms with E-state index in [1.807, 2.05) is 0 Å². The van der Waals surface area contributed by atoms with Crippen LogP contribution in [0.4, 0.5) is 0 Å². The van der Waals surface area contributed by atoms with Crippen molar-refractivity contribution in [1.29, 1.82) is 0 Å². The standard InChI is InChI=1S/C42H78P2/c1-2-8-14-20-26-32-38-44-41-35-29-23-17-11-5-3-9-15-21-27-33-39-43(37-31-25-19-13-7-1)40-34-28-22-16-10-4-6-12-18-24-30-36-42-44/h1-6H,7-42H2/b2-1+,5-3+,6-4+. The Balaban J connectivity index is 1.90. The summed E-state index contributed by atoms with van der Waals surface area (Å²) in [6.45, 7) is 0. The number of hydrogen-bond donors (Lipinski definition) is 0. The summed E-state index contributed by atoms with van der Waals surface area (Å²) < 4.78 is 0. The van der Waals surface area contributed by atoms with E-state index in [0.29, 0.717) is 15.8 Å². The molecule has 0 radical (unpaired) electrons. The molecule has 3 aliphatic rings. The van der Waals surface area contributed by atoms with Gasteiger partial charge in [-0.3, -0.25) is 0 Å². The van der Waals surface area contributed by atoms with E-state index < -0.39 is 0 Å². The zero-order valence-corrected chi connectivity index (χ0v) is 31.6. The van der Waals surface area contributed by atoms with Crippen molar-refractivity contribution in [1.82, 2.24) is 0 Å². The lowest BCUT2D eigenvalue weighted by Crippen LogP contribution is -1.97. The summed E-state index contributed by atoms with van der Waals surface area (Å²) in [5.41, 5.74) is 0. The Hall–Kier alpha value is 0.0800. The highest BCUT2D eigenvalue weighted by atomic mass is 31.1. The van der Waals surface area contributed by atoms with Crippen LogP contribution in [0, 0.1) is 0 Å². The molecule has 3 rings (SSSR count). The molecule has 0 aromatic rings. The second-order valence-electron chi connectivity index (χ2n) is 14.3. The van der Waals surface area contributed by atoms with Crippen molar-refractivity contribution in [2.75, 3.05) is 37.0 Å². The van der Waals surface area contributed by atoms with Crippen molar-refractivity contribution in [3.05, 3.63) is 36.5 Å². The zero-order valence-electron chi connectivity index (χ0n) is 29.8. The van der Waals surface area contributed by atoms with Gasteiger partial charge in [-0.25, -0.2) is 0 Å². The van der Waals surface area contributed by atoms with Crippen LogP contribution in [-0.4, -0.2) is 37.0 Å². The maximum Gasteiger partial charge on any atom is -0.0326 e. The van der Waals surface area contributed by atoms with Gasteiger partial charge in [0.1, 0.15) is 0 Å². The third-order valence-electron chi connectivity index (χ3n) is 10.1. The fraction of sp³-hybridized carbons (Fsp3) is 0.857. The topological polar surface area (TPSA) is 0 Å². The van der Waals surface area contributed by atoms with Crippen LogP contribution in [-0.2, 0) is 0 Å². The van der Waals surface area contributed by atoms with Crippen LogP contribution in [0.15, 0.2) is 36.5 Å². The SMILES string of the molecule is C1=C/CCCCCCP2CCCCCC/C=C/CCCCCCP(CCCCCC/1)CCCCCC/C=C/CCCCCC2. The second-order valence-corrected chi connectivity index (χ2v) is 19.7. The average molecular weight is 645 g/mol. The van der Waals surface area contributed by atoms with Crippen molar-refractivity contribution in [2.24, 2.45) is 0 Å². The molecule has 3 aliphatic heterocycles. The zero-order chi connectivity index (χ0) is 30.9. The van der Waals surface area contributed by atoms with Gasteiger partial charge in [-0.05, 0) is 153 Å². The molecule has 0 spiro atoms. The fourth-order valence-corrected chi connectivity index (χ4v) is 12.5. The van der Waals surface area contributed by atoms with Crippen molar-refractivity contribution in [3.8, 4) is 0 Å². The Labute approximate surface area is 281 Å². The summed E-state index contributed by atoms with van der Waals surface area (Å²) >= 11 is 0. The minimum absolute atomic E-state index is 0.290. The Kier molecular flexibility index (Phi) is 30.2. The first kappa shape index (κ1) is 40.3. The molecule has 2 heteroatoms. The second kappa shape index (κ2) is 33.0. The monoisotopic (exact) mass is 645 g/mol. The highest BCUT2D eigenvalue weighted by Gasteiger charge is 2.09. The number of rotatable bonds is 0. The molecule has 0 saturated carbocycles. The number of allylic oxidation sites excluding steroid dienone is 6. The predicted molar refractivity (Wildman–Crippen MR) is 209 cm³/mol. The number of hydrogen-bond acceptors (Lipinski definition) is 0. The van der Waals surface area contributed by atoms with Gasteiger partial charge in [-0.2, -0.15) is 0 Å².